The third kappa shape index (κ3) is 5.41. The van der Waals surface area contributed by atoms with Crippen LogP contribution in [0.1, 0.15) is 12.8 Å². The van der Waals surface area contributed by atoms with E-state index in [2.05, 4.69) is 4.98 Å². The first kappa shape index (κ1) is 25.0. The molecule has 1 aromatic heterocycles. The number of thiazole rings is 1. The average molecular weight is 525 g/mol. The lowest BCUT2D eigenvalue weighted by Crippen LogP contribution is -2.46. The summed E-state index contributed by atoms with van der Waals surface area (Å²) in [5.74, 6) is -0.740. The molecule has 182 valence electrons. The first-order valence-corrected chi connectivity index (χ1v) is 13.6. The fourth-order valence-corrected chi connectivity index (χ4v) is 6.54. The maximum Gasteiger partial charge on any atom is 0.243 e. The summed E-state index contributed by atoms with van der Waals surface area (Å²) >= 11 is 7.17. The molecule has 1 saturated heterocycles. The molecule has 2 aromatic carbocycles. The van der Waals surface area contributed by atoms with Gasteiger partial charge in [-0.3, -0.25) is 9.69 Å². The Hall–Kier alpha value is -2.11. The van der Waals surface area contributed by atoms with Crippen molar-refractivity contribution in [2.45, 2.75) is 17.7 Å². The Morgan fingerprint density at radius 1 is 1.15 bits per heavy atom. The monoisotopic (exact) mass is 524 g/mol. The minimum absolute atomic E-state index is 0.0788. The summed E-state index contributed by atoms with van der Waals surface area (Å²) in [5.41, 5.74) is 0.646. The second kappa shape index (κ2) is 10.2. The number of rotatable bonds is 7. The van der Waals surface area contributed by atoms with Gasteiger partial charge in [0, 0.05) is 37.1 Å². The van der Waals surface area contributed by atoms with Gasteiger partial charge in [-0.05, 0) is 69.4 Å². The van der Waals surface area contributed by atoms with Gasteiger partial charge in [0.15, 0.2) is 5.13 Å². The van der Waals surface area contributed by atoms with E-state index in [1.165, 1.54) is 39.9 Å². The SMILES string of the molecule is CN(C)CCN(C(=O)C1CCN(S(=O)(=O)c2ccc(Cl)cc2)CC1)c1nc2ccc(F)cc2s1. The highest BCUT2D eigenvalue weighted by Crippen LogP contribution is 2.32. The van der Waals surface area contributed by atoms with E-state index in [1.54, 1.807) is 23.1 Å². The van der Waals surface area contributed by atoms with E-state index in [0.29, 0.717) is 46.3 Å². The van der Waals surface area contributed by atoms with Crippen LogP contribution in [0.2, 0.25) is 5.02 Å². The maximum absolute atomic E-state index is 13.7. The van der Waals surface area contributed by atoms with Crippen molar-refractivity contribution in [1.82, 2.24) is 14.2 Å². The summed E-state index contributed by atoms with van der Waals surface area (Å²) in [6, 6.07) is 10.5. The number of halogens is 2. The number of sulfonamides is 1. The topological polar surface area (TPSA) is 73.8 Å². The molecule has 4 rings (SSSR count). The lowest BCUT2D eigenvalue weighted by atomic mass is 9.96. The molecule has 1 amide bonds. The second-order valence-electron chi connectivity index (χ2n) is 8.53. The van der Waals surface area contributed by atoms with Crippen molar-refractivity contribution in [3.63, 3.8) is 0 Å². The Bertz CT molecular complexity index is 1270. The molecule has 0 spiro atoms. The molecule has 2 heterocycles. The van der Waals surface area contributed by atoms with Crippen LogP contribution in [0.4, 0.5) is 9.52 Å². The number of likely N-dealkylation sites (N-methyl/N-ethyl adjacent to an activating group) is 1. The predicted molar refractivity (Wildman–Crippen MR) is 133 cm³/mol. The van der Waals surface area contributed by atoms with Crippen molar-refractivity contribution in [2.24, 2.45) is 5.92 Å². The normalized spacial score (nSPS) is 15.8. The standard InChI is InChI=1S/C23H26ClFN4O3S2/c1-27(2)13-14-29(23-26-20-8-5-18(25)15-21(20)33-23)22(30)16-9-11-28(12-10-16)34(31,32)19-6-3-17(24)4-7-19/h3-8,15-16H,9-14H2,1-2H3. The van der Waals surface area contributed by atoms with Crippen molar-refractivity contribution in [1.29, 1.82) is 0 Å². The lowest BCUT2D eigenvalue weighted by Gasteiger charge is -2.33. The van der Waals surface area contributed by atoms with E-state index < -0.39 is 10.0 Å². The number of carbonyl (C=O) groups is 1. The number of aromatic nitrogens is 1. The summed E-state index contributed by atoms with van der Waals surface area (Å²) in [4.78, 5) is 21.9. The summed E-state index contributed by atoms with van der Waals surface area (Å²) in [5, 5.41) is 1.00. The Morgan fingerprint density at radius 3 is 2.47 bits per heavy atom. The third-order valence-electron chi connectivity index (χ3n) is 5.86. The highest BCUT2D eigenvalue weighted by Gasteiger charge is 2.35. The summed E-state index contributed by atoms with van der Waals surface area (Å²) in [7, 11) is 0.208. The van der Waals surface area contributed by atoms with Crippen LogP contribution in [0.3, 0.4) is 0 Å². The molecule has 0 radical (unpaired) electrons. The maximum atomic E-state index is 13.7. The van der Waals surface area contributed by atoms with Crippen LogP contribution in [0.25, 0.3) is 10.2 Å². The average Bonchev–Trinajstić information content (AvgIpc) is 3.22. The van der Waals surface area contributed by atoms with Crippen molar-refractivity contribution < 1.29 is 17.6 Å². The van der Waals surface area contributed by atoms with E-state index in [0.717, 1.165) is 0 Å². The van der Waals surface area contributed by atoms with Gasteiger partial charge in [-0.25, -0.2) is 17.8 Å². The molecule has 1 fully saturated rings. The van der Waals surface area contributed by atoms with E-state index in [4.69, 9.17) is 11.6 Å². The zero-order valence-corrected chi connectivity index (χ0v) is 21.3. The molecular formula is C23H26ClFN4O3S2. The van der Waals surface area contributed by atoms with Gasteiger partial charge in [-0.2, -0.15) is 4.31 Å². The van der Waals surface area contributed by atoms with E-state index in [9.17, 15) is 17.6 Å². The molecule has 7 nitrogen and oxygen atoms in total. The van der Waals surface area contributed by atoms with Gasteiger partial charge in [-0.15, -0.1) is 0 Å². The molecule has 34 heavy (non-hydrogen) atoms. The molecule has 0 bridgehead atoms. The summed E-state index contributed by atoms with van der Waals surface area (Å²) in [6.45, 7) is 1.60. The number of amides is 1. The van der Waals surface area contributed by atoms with Gasteiger partial charge in [-0.1, -0.05) is 22.9 Å². The number of fused-ring (bicyclic) bond motifs is 1. The van der Waals surface area contributed by atoms with Crippen LogP contribution in [0, 0.1) is 11.7 Å². The first-order chi connectivity index (χ1) is 16.1. The zero-order chi connectivity index (χ0) is 24.5. The lowest BCUT2D eigenvalue weighted by molar-refractivity contribution is -0.123. The van der Waals surface area contributed by atoms with Crippen molar-refractivity contribution in [2.75, 3.05) is 45.2 Å². The van der Waals surface area contributed by atoms with Gasteiger partial charge in [0.2, 0.25) is 15.9 Å². The van der Waals surface area contributed by atoms with E-state index in [-0.39, 0.29) is 35.6 Å². The Morgan fingerprint density at radius 2 is 1.82 bits per heavy atom. The van der Waals surface area contributed by atoms with Gasteiger partial charge in [0.1, 0.15) is 5.82 Å². The van der Waals surface area contributed by atoms with Crippen molar-refractivity contribution >= 4 is 54.2 Å². The molecule has 1 aliphatic rings. The fourth-order valence-electron chi connectivity index (χ4n) is 3.92. The van der Waals surface area contributed by atoms with Crippen LogP contribution in [-0.4, -0.2) is 68.8 Å². The number of hydrogen-bond donors (Lipinski definition) is 0. The molecule has 0 aliphatic carbocycles. The molecule has 1 aliphatic heterocycles. The number of anilines is 1. The minimum Gasteiger partial charge on any atom is -0.308 e. The fraction of sp³-hybridized carbons (Fsp3) is 0.391. The quantitative estimate of drug-likeness (QED) is 0.465. The smallest absolute Gasteiger partial charge is 0.243 e. The number of hydrogen-bond acceptors (Lipinski definition) is 6. The molecule has 3 aromatic rings. The number of carbonyl (C=O) groups excluding carboxylic acids is 1. The number of piperidine rings is 1. The Labute approximate surface area is 207 Å². The Kier molecular flexibility index (Phi) is 7.54. The van der Waals surface area contributed by atoms with Crippen LogP contribution in [-0.2, 0) is 14.8 Å². The van der Waals surface area contributed by atoms with E-state index >= 15 is 0 Å². The number of nitrogens with zero attached hydrogens (tertiary/aromatic N) is 4. The highest BCUT2D eigenvalue weighted by molar-refractivity contribution is 7.89. The van der Waals surface area contributed by atoms with Gasteiger partial charge in [0.25, 0.3) is 0 Å². The summed E-state index contributed by atoms with van der Waals surface area (Å²) < 4.78 is 41.7. The second-order valence-corrected chi connectivity index (χ2v) is 11.9. The van der Waals surface area contributed by atoms with Crippen LogP contribution >= 0.6 is 22.9 Å². The van der Waals surface area contributed by atoms with Crippen molar-refractivity contribution in [3.8, 4) is 0 Å². The van der Waals surface area contributed by atoms with Gasteiger partial charge >= 0.3 is 0 Å². The highest BCUT2D eigenvalue weighted by atomic mass is 35.5. The van der Waals surface area contributed by atoms with Gasteiger partial charge < -0.3 is 4.90 Å². The van der Waals surface area contributed by atoms with Gasteiger partial charge in [0.05, 0.1) is 15.1 Å². The summed E-state index contributed by atoms with van der Waals surface area (Å²) in [6.07, 6.45) is 0.841. The third-order valence-corrected chi connectivity index (χ3v) is 9.07. The first-order valence-electron chi connectivity index (χ1n) is 10.9. The van der Waals surface area contributed by atoms with E-state index in [1.807, 2.05) is 19.0 Å². The van der Waals surface area contributed by atoms with Crippen LogP contribution in [0.15, 0.2) is 47.4 Å². The molecule has 0 unspecified atom stereocenters. The predicted octanol–water partition coefficient (Wildman–Crippen LogP) is 4.08. The largest absolute Gasteiger partial charge is 0.308 e. The Balaban J connectivity index is 1.50. The molecule has 0 atom stereocenters. The van der Waals surface area contributed by atoms with Crippen LogP contribution < -0.4 is 4.90 Å². The number of benzene rings is 2. The van der Waals surface area contributed by atoms with Crippen molar-refractivity contribution in [3.05, 3.63) is 53.3 Å². The minimum atomic E-state index is -3.65. The molecule has 0 saturated carbocycles. The molecule has 11 heteroatoms. The molecule has 0 N–H and O–H groups in total. The zero-order valence-electron chi connectivity index (χ0n) is 18.9. The van der Waals surface area contributed by atoms with Crippen LogP contribution in [0.5, 0.6) is 0 Å². The molecular weight excluding hydrogens is 499 g/mol.